The van der Waals surface area contributed by atoms with Crippen molar-refractivity contribution in [2.24, 2.45) is 0 Å². The molecule has 1 aromatic carbocycles. The Morgan fingerprint density at radius 1 is 1.09 bits per heavy atom. The minimum absolute atomic E-state index is 0.327. The fraction of sp³-hybridized carbons (Fsp3) is 0.385. The molecule has 2 atom stereocenters. The predicted octanol–water partition coefficient (Wildman–Crippen LogP) is 3.39. The quantitative estimate of drug-likeness (QED) is 0.682. The summed E-state index contributed by atoms with van der Waals surface area (Å²) in [5.41, 5.74) is 2.66. The molecular weight excluding hydrogens is 406 g/mol. The molecule has 6 rings (SSSR count). The van der Waals surface area contributed by atoms with E-state index in [0.717, 1.165) is 26.7 Å². The first-order valence-electron chi connectivity index (χ1n) is 11.4. The van der Waals surface area contributed by atoms with Crippen LogP contribution in [0.2, 0.25) is 0 Å². The second-order valence-electron chi connectivity index (χ2n) is 8.94. The van der Waals surface area contributed by atoms with Crippen LogP contribution in [0.25, 0.3) is 17.8 Å². The standard InChI is InChI=1S/C26H25NO5/c1-30-25(28)21-11-10-17-16(15-6-3-2-4-7-15)8-5-9-18(17)22-14-19-20(27(21)22)12-13-23-24(19)32-26(29)31-23/h5,8-12,14-15,23-24H,2-4,6-7,13H2,1H3. The zero-order valence-electron chi connectivity index (χ0n) is 18.0. The lowest BCUT2D eigenvalue weighted by Crippen LogP contribution is -2.31. The van der Waals surface area contributed by atoms with E-state index < -0.39 is 18.2 Å². The van der Waals surface area contributed by atoms with Gasteiger partial charge in [0, 0.05) is 22.6 Å². The smallest absolute Gasteiger partial charge is 0.464 e. The predicted molar refractivity (Wildman–Crippen MR) is 118 cm³/mol. The maximum absolute atomic E-state index is 12.8. The normalized spacial score (nSPS) is 23.7. The monoisotopic (exact) mass is 431 g/mol. The van der Waals surface area contributed by atoms with E-state index in [9.17, 15) is 9.59 Å². The van der Waals surface area contributed by atoms with Crippen LogP contribution in [-0.4, -0.2) is 29.9 Å². The molecule has 2 aliphatic heterocycles. The highest BCUT2D eigenvalue weighted by molar-refractivity contribution is 6.11. The number of aromatic nitrogens is 1. The maximum atomic E-state index is 12.8. The summed E-state index contributed by atoms with van der Waals surface area (Å²) in [4.78, 5) is 24.6. The summed E-state index contributed by atoms with van der Waals surface area (Å²) in [6.07, 6.45) is 11.3. The summed E-state index contributed by atoms with van der Waals surface area (Å²) in [5.74, 6) is 0.129. The summed E-state index contributed by atoms with van der Waals surface area (Å²) in [7, 11) is 1.40. The van der Waals surface area contributed by atoms with Gasteiger partial charge in [0.15, 0.2) is 12.2 Å². The molecule has 1 saturated carbocycles. The summed E-state index contributed by atoms with van der Waals surface area (Å²) in [6, 6.07) is 8.49. The highest BCUT2D eigenvalue weighted by atomic mass is 16.8. The lowest BCUT2D eigenvalue weighted by molar-refractivity contribution is -0.134. The SMILES string of the molecule is COC(=O)C1=CC=c2c(C3CCCCC3)cccc2=c2cc3c(n21)=CCC1OC(=O)OC31. The first kappa shape index (κ1) is 19.4. The van der Waals surface area contributed by atoms with E-state index >= 15 is 0 Å². The molecule has 2 aromatic rings. The summed E-state index contributed by atoms with van der Waals surface area (Å²) >= 11 is 0. The number of benzene rings is 1. The van der Waals surface area contributed by atoms with Gasteiger partial charge >= 0.3 is 12.1 Å². The van der Waals surface area contributed by atoms with Gasteiger partial charge in [-0.2, -0.15) is 0 Å². The number of methoxy groups -OCH3 is 1. The number of nitrogens with zero attached hydrogens (tertiary/aromatic N) is 1. The molecule has 1 aromatic heterocycles. The number of esters is 1. The van der Waals surface area contributed by atoms with Crippen molar-refractivity contribution in [1.82, 2.24) is 4.57 Å². The molecule has 164 valence electrons. The van der Waals surface area contributed by atoms with Crippen LogP contribution in [0.1, 0.15) is 61.7 Å². The molecule has 0 spiro atoms. The Kier molecular flexibility index (Phi) is 4.49. The molecule has 0 bridgehead atoms. The molecule has 6 nitrogen and oxygen atoms in total. The van der Waals surface area contributed by atoms with Gasteiger partial charge in [0.2, 0.25) is 0 Å². The Labute approximate surface area is 185 Å². The lowest BCUT2D eigenvalue weighted by Gasteiger charge is -2.22. The van der Waals surface area contributed by atoms with Gasteiger partial charge in [0.25, 0.3) is 0 Å². The fourth-order valence-corrected chi connectivity index (χ4v) is 5.76. The number of carbonyl (C=O) groups excluding carboxylic acids is 2. The Bertz CT molecular complexity index is 1380. The number of hydrogen-bond donors (Lipinski definition) is 0. The van der Waals surface area contributed by atoms with Crippen molar-refractivity contribution >= 4 is 30.0 Å². The minimum Gasteiger partial charge on any atom is -0.464 e. The molecule has 0 amide bonds. The third-order valence-electron chi connectivity index (χ3n) is 7.23. The zero-order valence-corrected chi connectivity index (χ0v) is 18.0. The molecule has 0 N–H and O–H groups in total. The molecule has 0 radical (unpaired) electrons. The van der Waals surface area contributed by atoms with Crippen LogP contribution >= 0.6 is 0 Å². The molecule has 6 heteroatoms. The Morgan fingerprint density at radius 2 is 1.94 bits per heavy atom. The minimum atomic E-state index is -0.639. The molecule has 2 aliphatic carbocycles. The first-order valence-corrected chi connectivity index (χ1v) is 11.4. The third-order valence-corrected chi connectivity index (χ3v) is 7.23. The Hall–Kier alpha value is -3.28. The van der Waals surface area contributed by atoms with Crippen LogP contribution in [0.15, 0.2) is 30.3 Å². The van der Waals surface area contributed by atoms with Crippen LogP contribution in [0.4, 0.5) is 4.79 Å². The van der Waals surface area contributed by atoms with Crippen LogP contribution in [0, 0.1) is 10.6 Å². The van der Waals surface area contributed by atoms with E-state index in [1.807, 2.05) is 22.8 Å². The van der Waals surface area contributed by atoms with Gasteiger partial charge in [-0.05, 0) is 41.7 Å². The van der Waals surface area contributed by atoms with Crippen molar-refractivity contribution in [3.63, 3.8) is 0 Å². The average Bonchev–Trinajstić information content (AvgIpc) is 3.34. The third kappa shape index (κ3) is 2.85. The summed E-state index contributed by atoms with van der Waals surface area (Å²) < 4.78 is 17.9. The Morgan fingerprint density at radius 3 is 2.75 bits per heavy atom. The van der Waals surface area contributed by atoms with Gasteiger partial charge in [-0.15, -0.1) is 0 Å². The number of fused-ring (bicyclic) bond motifs is 6. The second-order valence-corrected chi connectivity index (χ2v) is 8.94. The molecule has 2 fully saturated rings. The van der Waals surface area contributed by atoms with Gasteiger partial charge < -0.3 is 18.8 Å². The summed E-state index contributed by atoms with van der Waals surface area (Å²) in [5, 5.41) is 4.01. The molecule has 1 saturated heterocycles. The van der Waals surface area contributed by atoms with Crippen molar-refractivity contribution in [3.8, 4) is 0 Å². The van der Waals surface area contributed by atoms with Crippen molar-refractivity contribution in [1.29, 1.82) is 0 Å². The largest absolute Gasteiger partial charge is 0.509 e. The van der Waals surface area contributed by atoms with E-state index in [-0.39, 0.29) is 6.10 Å². The number of hydrogen-bond acceptors (Lipinski definition) is 5. The lowest BCUT2D eigenvalue weighted by atomic mass is 9.83. The molecular formula is C26H25NO5. The van der Waals surface area contributed by atoms with Crippen molar-refractivity contribution in [2.75, 3.05) is 7.11 Å². The van der Waals surface area contributed by atoms with E-state index in [0.29, 0.717) is 18.0 Å². The van der Waals surface area contributed by atoms with Gasteiger partial charge in [-0.25, -0.2) is 9.59 Å². The fourth-order valence-electron chi connectivity index (χ4n) is 5.76. The van der Waals surface area contributed by atoms with Crippen molar-refractivity contribution in [2.45, 2.75) is 56.7 Å². The van der Waals surface area contributed by atoms with Gasteiger partial charge in [-0.1, -0.05) is 49.6 Å². The molecule has 4 aliphatic rings. The number of ether oxygens (including phenoxy) is 3. The van der Waals surface area contributed by atoms with Crippen LogP contribution in [0.3, 0.4) is 0 Å². The van der Waals surface area contributed by atoms with E-state index in [1.165, 1.54) is 44.8 Å². The topological polar surface area (TPSA) is 66.8 Å². The van der Waals surface area contributed by atoms with Gasteiger partial charge in [0.1, 0.15) is 5.70 Å². The highest BCUT2D eigenvalue weighted by Gasteiger charge is 2.41. The van der Waals surface area contributed by atoms with Crippen molar-refractivity contribution in [3.05, 3.63) is 62.6 Å². The van der Waals surface area contributed by atoms with Gasteiger partial charge in [-0.3, -0.25) is 0 Å². The Balaban J connectivity index is 1.69. The molecule has 32 heavy (non-hydrogen) atoms. The zero-order chi connectivity index (χ0) is 21.8. The second kappa shape index (κ2) is 7.40. The highest BCUT2D eigenvalue weighted by Crippen LogP contribution is 2.35. The average molecular weight is 431 g/mol. The maximum Gasteiger partial charge on any atom is 0.509 e. The number of carbonyl (C=O) groups is 2. The number of allylic oxidation sites excluding steroid dienone is 1. The van der Waals surface area contributed by atoms with E-state index in [1.54, 1.807) is 0 Å². The van der Waals surface area contributed by atoms with Crippen LogP contribution in [0.5, 0.6) is 0 Å². The van der Waals surface area contributed by atoms with Crippen LogP contribution in [-0.2, 0) is 19.0 Å². The van der Waals surface area contributed by atoms with Gasteiger partial charge in [0.05, 0.1) is 12.5 Å². The van der Waals surface area contributed by atoms with E-state index in [2.05, 4.69) is 24.3 Å². The molecule has 2 unspecified atom stereocenters. The van der Waals surface area contributed by atoms with Crippen LogP contribution < -0.4 is 10.6 Å². The first-order chi connectivity index (χ1) is 15.7. The molecule has 3 heterocycles. The number of rotatable bonds is 2. The van der Waals surface area contributed by atoms with Crippen molar-refractivity contribution < 1.29 is 23.8 Å². The van der Waals surface area contributed by atoms with E-state index in [4.69, 9.17) is 14.2 Å². The summed E-state index contributed by atoms with van der Waals surface area (Å²) in [6.45, 7) is 0.